The summed E-state index contributed by atoms with van der Waals surface area (Å²) in [5.74, 6) is 0. The standard InChI is InChI=1S/C9H14N.ClH2/c1-2-3-7-10-8-5-4-6-9-10;/h4-6,8-9H,2-3,7H2,1H3;1H2/q2*+1. The van der Waals surface area contributed by atoms with Gasteiger partial charge in [-0.25, -0.2) is 4.57 Å². The first-order chi connectivity index (χ1) is 4.93. The fourth-order valence-corrected chi connectivity index (χ4v) is 0.924. The minimum absolute atomic E-state index is 0. The molecule has 0 atom stereocenters. The Labute approximate surface area is 74.5 Å². The number of aryl methyl sites for hydroxylation is 1. The highest BCUT2D eigenvalue weighted by atomic mass is 35.5. The molecule has 1 rings (SSSR count). The second-order valence-electron chi connectivity index (χ2n) is 2.47. The first-order valence-electron chi connectivity index (χ1n) is 3.87. The monoisotopic (exact) mass is 173 g/mol. The van der Waals surface area contributed by atoms with Gasteiger partial charge in [-0.1, -0.05) is 19.4 Å². The molecule has 0 N–H and O–H groups in total. The molecular weight excluding hydrogens is 158 g/mol. The summed E-state index contributed by atoms with van der Waals surface area (Å²) < 4.78 is 2.21. The number of nitrogens with zero attached hydrogens (tertiary/aromatic N) is 1. The Bertz CT molecular complexity index is 174. The molecule has 0 aromatic carbocycles. The van der Waals surface area contributed by atoms with Gasteiger partial charge < -0.3 is 0 Å². The van der Waals surface area contributed by atoms with Crippen LogP contribution in [0.2, 0.25) is 0 Å². The maximum absolute atomic E-state index is 2.21. The fraction of sp³-hybridized carbons (Fsp3) is 0.444. The van der Waals surface area contributed by atoms with Gasteiger partial charge in [0.15, 0.2) is 12.4 Å². The quantitative estimate of drug-likeness (QED) is 0.606. The van der Waals surface area contributed by atoms with Crippen LogP contribution in [-0.2, 0) is 6.54 Å². The second kappa shape index (κ2) is 6.17. The molecule has 0 aliphatic carbocycles. The molecule has 0 bridgehead atoms. The van der Waals surface area contributed by atoms with Gasteiger partial charge in [-0.3, -0.25) is 0 Å². The molecule has 0 unspecified atom stereocenters. The van der Waals surface area contributed by atoms with Crippen LogP contribution in [0.4, 0.5) is 0 Å². The van der Waals surface area contributed by atoms with Crippen LogP contribution in [-0.4, -0.2) is 0 Å². The molecule has 11 heavy (non-hydrogen) atoms. The van der Waals surface area contributed by atoms with Gasteiger partial charge in [0.05, 0.1) is 12.4 Å². The number of hydrogen-bond acceptors (Lipinski definition) is 0. The minimum atomic E-state index is 0. The van der Waals surface area contributed by atoms with Gasteiger partial charge >= 0.3 is 0 Å². The van der Waals surface area contributed by atoms with Crippen molar-refractivity contribution in [1.82, 2.24) is 0 Å². The van der Waals surface area contributed by atoms with Crippen molar-refractivity contribution in [2.45, 2.75) is 26.3 Å². The number of halogens is 1. The third-order valence-corrected chi connectivity index (χ3v) is 1.55. The van der Waals surface area contributed by atoms with Gasteiger partial charge in [-0.2, -0.15) is 0 Å². The van der Waals surface area contributed by atoms with Gasteiger partial charge in [-0.05, 0) is 0 Å². The molecule has 0 aliphatic heterocycles. The van der Waals surface area contributed by atoms with Gasteiger partial charge in [0.25, 0.3) is 0 Å². The van der Waals surface area contributed by atoms with Crippen LogP contribution in [0.25, 0.3) is 0 Å². The van der Waals surface area contributed by atoms with E-state index in [9.17, 15) is 0 Å². The molecule has 62 valence electrons. The molecule has 0 aliphatic rings. The van der Waals surface area contributed by atoms with Gasteiger partial charge in [-0.15, -0.1) is 0 Å². The maximum Gasteiger partial charge on any atom is 0.168 e. The van der Waals surface area contributed by atoms with Crippen molar-refractivity contribution in [1.29, 1.82) is 0 Å². The molecule has 1 heterocycles. The van der Waals surface area contributed by atoms with E-state index in [0.29, 0.717) is 0 Å². The van der Waals surface area contributed by atoms with Crippen LogP contribution in [0.5, 0.6) is 0 Å². The summed E-state index contributed by atoms with van der Waals surface area (Å²) in [4.78, 5) is 0. The van der Waals surface area contributed by atoms with E-state index in [-0.39, 0.29) is 12.4 Å². The number of rotatable bonds is 3. The van der Waals surface area contributed by atoms with E-state index >= 15 is 0 Å². The summed E-state index contributed by atoms with van der Waals surface area (Å²) in [7, 11) is 0. The first kappa shape index (κ1) is 10.4. The molecule has 0 spiro atoms. The van der Waals surface area contributed by atoms with E-state index in [0.717, 1.165) is 6.54 Å². The van der Waals surface area contributed by atoms with Gasteiger partial charge in [0.1, 0.15) is 6.54 Å². The SMILES string of the molecule is CCCC[n+]1ccccc1.[ClH2+]. The zero-order valence-corrected chi connectivity index (χ0v) is 7.80. The van der Waals surface area contributed by atoms with Crippen molar-refractivity contribution in [2.24, 2.45) is 0 Å². The van der Waals surface area contributed by atoms with Crippen molar-refractivity contribution in [2.75, 3.05) is 0 Å². The van der Waals surface area contributed by atoms with Crippen molar-refractivity contribution in [3.63, 3.8) is 0 Å². The minimum Gasteiger partial charge on any atom is -0.205 e. The third-order valence-electron chi connectivity index (χ3n) is 1.55. The maximum atomic E-state index is 2.21. The summed E-state index contributed by atoms with van der Waals surface area (Å²) in [6.45, 7) is 3.36. The lowest BCUT2D eigenvalue weighted by Crippen LogP contribution is -2.31. The van der Waals surface area contributed by atoms with Crippen molar-refractivity contribution < 1.29 is 17.0 Å². The second-order valence-corrected chi connectivity index (χ2v) is 2.47. The smallest absolute Gasteiger partial charge is 0.168 e. The average molecular weight is 174 g/mol. The van der Waals surface area contributed by atoms with Crippen LogP contribution in [0, 0.1) is 12.4 Å². The predicted molar refractivity (Wildman–Crippen MR) is 44.3 cm³/mol. The summed E-state index contributed by atoms with van der Waals surface area (Å²) in [6, 6.07) is 6.17. The molecule has 1 aromatic rings. The van der Waals surface area contributed by atoms with Gasteiger partial charge in [0.2, 0.25) is 0 Å². The molecule has 0 saturated heterocycles. The number of pyridine rings is 1. The van der Waals surface area contributed by atoms with E-state index in [2.05, 4.69) is 36.0 Å². The number of hydrogen-bond donors (Lipinski definition) is 0. The molecule has 1 aromatic heterocycles. The average Bonchev–Trinajstić information content (AvgIpc) is 2.03. The highest BCUT2D eigenvalue weighted by Gasteiger charge is 1.93. The Morgan fingerprint density at radius 2 is 1.73 bits per heavy atom. The third kappa shape index (κ3) is 3.99. The lowest BCUT2D eigenvalue weighted by Gasteiger charge is -1.91. The molecule has 1 nitrogen and oxygen atoms in total. The zero-order chi connectivity index (χ0) is 7.23. The Kier molecular flexibility index (Phi) is 5.86. The van der Waals surface area contributed by atoms with Crippen molar-refractivity contribution >= 4 is 0 Å². The fourth-order valence-electron chi connectivity index (χ4n) is 0.924. The lowest BCUT2D eigenvalue weighted by atomic mass is 10.3. The number of aromatic nitrogens is 1. The molecule has 0 saturated carbocycles. The topological polar surface area (TPSA) is 3.88 Å². The lowest BCUT2D eigenvalue weighted by molar-refractivity contribution is -0.697. The van der Waals surface area contributed by atoms with Crippen molar-refractivity contribution in [3.05, 3.63) is 30.6 Å². The van der Waals surface area contributed by atoms with Crippen LogP contribution in [0.1, 0.15) is 19.8 Å². The molecular formula is C9H16ClN+2. The zero-order valence-electron chi connectivity index (χ0n) is 6.90. The van der Waals surface area contributed by atoms with E-state index in [4.69, 9.17) is 0 Å². The van der Waals surface area contributed by atoms with E-state index in [1.54, 1.807) is 0 Å². The summed E-state index contributed by atoms with van der Waals surface area (Å²) >= 11 is 0. The highest BCUT2D eigenvalue weighted by Crippen LogP contribution is 1.85. The molecule has 0 amide bonds. The highest BCUT2D eigenvalue weighted by molar-refractivity contribution is 4.83. The Balaban J connectivity index is 0.000001000. The predicted octanol–water partition coefficient (Wildman–Crippen LogP) is 1.24. The summed E-state index contributed by atoms with van der Waals surface area (Å²) in [5.41, 5.74) is 0. The molecule has 2 heteroatoms. The van der Waals surface area contributed by atoms with Gasteiger partial charge in [0, 0.05) is 18.6 Å². The Hall–Kier alpha value is -0.560. The van der Waals surface area contributed by atoms with E-state index in [1.807, 2.05) is 6.07 Å². The Morgan fingerprint density at radius 1 is 1.09 bits per heavy atom. The van der Waals surface area contributed by atoms with E-state index in [1.165, 1.54) is 12.8 Å². The normalized spacial score (nSPS) is 8.82. The van der Waals surface area contributed by atoms with Crippen molar-refractivity contribution in [3.8, 4) is 0 Å². The van der Waals surface area contributed by atoms with Crippen LogP contribution < -0.4 is 4.57 Å². The van der Waals surface area contributed by atoms with E-state index < -0.39 is 0 Å². The van der Waals surface area contributed by atoms with Crippen LogP contribution in [0.15, 0.2) is 30.6 Å². The number of unbranched alkanes of at least 4 members (excludes halogenated alkanes) is 1. The summed E-state index contributed by atoms with van der Waals surface area (Å²) in [6.07, 6.45) is 6.75. The van der Waals surface area contributed by atoms with Crippen LogP contribution >= 0.6 is 0 Å². The largest absolute Gasteiger partial charge is 0.205 e. The Morgan fingerprint density at radius 3 is 2.27 bits per heavy atom. The molecule has 0 radical (unpaired) electrons. The summed E-state index contributed by atoms with van der Waals surface area (Å²) in [5, 5.41) is 0. The molecule has 0 fully saturated rings. The van der Waals surface area contributed by atoms with Crippen LogP contribution in [0.3, 0.4) is 0 Å². The first-order valence-corrected chi connectivity index (χ1v) is 3.87.